The predicted molar refractivity (Wildman–Crippen MR) is 70.2 cm³/mol. The first-order valence-corrected chi connectivity index (χ1v) is 5.67. The number of hydrogen-bond acceptors (Lipinski definition) is 2. The van der Waals surface area contributed by atoms with Crippen LogP contribution in [-0.2, 0) is 0 Å². The number of nitriles is 1. The van der Waals surface area contributed by atoms with E-state index in [1.807, 2.05) is 6.07 Å². The van der Waals surface area contributed by atoms with Crippen molar-refractivity contribution in [2.45, 2.75) is 6.92 Å². The van der Waals surface area contributed by atoms with Crippen LogP contribution in [0, 0.1) is 24.1 Å². The van der Waals surface area contributed by atoms with Gasteiger partial charge in [0.1, 0.15) is 5.82 Å². The number of nitrogens with one attached hydrogen (secondary N) is 1. The maximum Gasteiger partial charge on any atom is 0.255 e. The molecule has 0 atom stereocenters. The summed E-state index contributed by atoms with van der Waals surface area (Å²) in [6.07, 6.45) is 0. The molecule has 0 saturated heterocycles. The third-order valence-corrected chi connectivity index (χ3v) is 2.58. The highest BCUT2D eigenvalue weighted by molar-refractivity contribution is 6.04. The van der Waals surface area contributed by atoms with Crippen molar-refractivity contribution in [3.63, 3.8) is 0 Å². The van der Waals surface area contributed by atoms with Gasteiger partial charge in [0.15, 0.2) is 0 Å². The topological polar surface area (TPSA) is 52.9 Å². The Kier molecular flexibility index (Phi) is 3.58. The van der Waals surface area contributed by atoms with Crippen LogP contribution in [0.5, 0.6) is 0 Å². The Labute approximate surface area is 110 Å². The van der Waals surface area contributed by atoms with Crippen molar-refractivity contribution in [2.24, 2.45) is 0 Å². The van der Waals surface area contributed by atoms with Crippen molar-refractivity contribution < 1.29 is 9.18 Å². The highest BCUT2D eigenvalue weighted by Gasteiger charge is 2.08. The first kappa shape index (κ1) is 12.8. The van der Waals surface area contributed by atoms with Gasteiger partial charge in [0.05, 0.1) is 11.6 Å². The van der Waals surface area contributed by atoms with Crippen molar-refractivity contribution in [2.75, 3.05) is 5.32 Å². The van der Waals surface area contributed by atoms with Crippen LogP contribution in [0.15, 0.2) is 42.5 Å². The number of amides is 1. The van der Waals surface area contributed by atoms with Crippen LogP contribution < -0.4 is 5.32 Å². The molecule has 0 bridgehead atoms. The summed E-state index contributed by atoms with van der Waals surface area (Å²) >= 11 is 0. The van der Waals surface area contributed by atoms with Crippen molar-refractivity contribution in [3.8, 4) is 6.07 Å². The Morgan fingerprint density at radius 1 is 1.21 bits per heavy atom. The Balaban J connectivity index is 2.18. The third kappa shape index (κ3) is 3.17. The van der Waals surface area contributed by atoms with Gasteiger partial charge in [-0.25, -0.2) is 4.39 Å². The summed E-state index contributed by atoms with van der Waals surface area (Å²) in [5.41, 5.74) is 2.03. The second-order valence-electron chi connectivity index (χ2n) is 4.16. The molecule has 0 aromatic heterocycles. The highest BCUT2D eigenvalue weighted by atomic mass is 19.1. The van der Waals surface area contributed by atoms with Crippen LogP contribution >= 0.6 is 0 Å². The zero-order valence-corrected chi connectivity index (χ0v) is 10.3. The molecule has 0 aliphatic carbocycles. The molecule has 3 nitrogen and oxygen atoms in total. The molecule has 19 heavy (non-hydrogen) atoms. The van der Waals surface area contributed by atoms with E-state index >= 15 is 0 Å². The van der Waals surface area contributed by atoms with E-state index in [2.05, 4.69) is 5.32 Å². The number of nitrogens with zero attached hydrogens (tertiary/aromatic N) is 1. The molecule has 2 aromatic rings. The molecule has 0 fully saturated rings. The quantitative estimate of drug-likeness (QED) is 0.894. The lowest BCUT2D eigenvalue weighted by atomic mass is 10.1. The molecule has 0 spiro atoms. The molecule has 0 radical (unpaired) electrons. The van der Waals surface area contributed by atoms with Crippen molar-refractivity contribution >= 4 is 11.6 Å². The maximum absolute atomic E-state index is 13.2. The fourth-order valence-corrected chi connectivity index (χ4v) is 1.70. The summed E-state index contributed by atoms with van der Waals surface area (Å²) in [6, 6.07) is 12.6. The number of carbonyl (C=O) groups excluding carboxylic acids is 1. The number of benzene rings is 2. The Morgan fingerprint density at radius 2 is 1.89 bits per heavy atom. The van der Waals surface area contributed by atoms with Gasteiger partial charge in [-0.3, -0.25) is 4.79 Å². The van der Waals surface area contributed by atoms with Gasteiger partial charge in [-0.2, -0.15) is 5.26 Å². The lowest BCUT2D eigenvalue weighted by molar-refractivity contribution is 0.102. The summed E-state index contributed by atoms with van der Waals surface area (Å²) in [7, 11) is 0. The summed E-state index contributed by atoms with van der Waals surface area (Å²) in [5.74, 6) is -0.822. The lowest BCUT2D eigenvalue weighted by Crippen LogP contribution is -2.12. The van der Waals surface area contributed by atoms with Crippen molar-refractivity contribution in [3.05, 3.63) is 65.0 Å². The zero-order valence-electron chi connectivity index (χ0n) is 10.3. The van der Waals surface area contributed by atoms with Gasteiger partial charge >= 0.3 is 0 Å². The van der Waals surface area contributed by atoms with Crippen LogP contribution in [0.25, 0.3) is 0 Å². The number of carbonyl (C=O) groups is 1. The van der Waals surface area contributed by atoms with Gasteiger partial charge in [0.25, 0.3) is 5.91 Å². The largest absolute Gasteiger partial charge is 0.322 e. The fourth-order valence-electron chi connectivity index (χ4n) is 1.70. The highest BCUT2D eigenvalue weighted by Crippen LogP contribution is 2.13. The fraction of sp³-hybridized carbons (Fsp3) is 0.0667. The third-order valence-electron chi connectivity index (χ3n) is 2.58. The van der Waals surface area contributed by atoms with Crippen LogP contribution in [0.4, 0.5) is 10.1 Å². The maximum atomic E-state index is 13.2. The van der Waals surface area contributed by atoms with Crippen molar-refractivity contribution in [1.82, 2.24) is 0 Å². The number of hydrogen-bond donors (Lipinski definition) is 1. The summed E-state index contributed by atoms with van der Waals surface area (Å²) in [4.78, 5) is 11.9. The van der Waals surface area contributed by atoms with Gasteiger partial charge in [-0.05, 0) is 55.0 Å². The van der Waals surface area contributed by atoms with Crippen LogP contribution in [0.1, 0.15) is 21.5 Å². The molecule has 94 valence electrons. The van der Waals surface area contributed by atoms with Gasteiger partial charge in [-0.15, -0.1) is 0 Å². The first-order valence-electron chi connectivity index (χ1n) is 5.67. The molecule has 4 heteroatoms. The van der Waals surface area contributed by atoms with Gasteiger partial charge in [-0.1, -0.05) is 0 Å². The summed E-state index contributed by atoms with van der Waals surface area (Å²) < 4.78 is 13.2. The van der Waals surface area contributed by atoms with Crippen LogP contribution in [0.2, 0.25) is 0 Å². The minimum atomic E-state index is -0.440. The molecule has 1 amide bonds. The molecule has 2 aromatic carbocycles. The number of rotatable bonds is 2. The van der Waals surface area contributed by atoms with Crippen molar-refractivity contribution in [1.29, 1.82) is 5.26 Å². The Morgan fingerprint density at radius 3 is 2.47 bits per heavy atom. The monoisotopic (exact) mass is 254 g/mol. The van der Waals surface area contributed by atoms with Gasteiger partial charge in [0, 0.05) is 11.3 Å². The molecule has 0 aliphatic heterocycles. The van der Waals surface area contributed by atoms with E-state index in [0.29, 0.717) is 16.8 Å². The molecular formula is C15H11FN2O. The van der Waals surface area contributed by atoms with Gasteiger partial charge in [0.2, 0.25) is 0 Å². The number of anilines is 1. The van der Waals surface area contributed by atoms with E-state index < -0.39 is 5.82 Å². The minimum Gasteiger partial charge on any atom is -0.322 e. The number of aryl methyl sites for hydroxylation is 1. The average Bonchev–Trinajstić information content (AvgIpc) is 2.38. The van der Waals surface area contributed by atoms with E-state index in [4.69, 9.17) is 5.26 Å². The molecule has 0 aliphatic rings. The average molecular weight is 254 g/mol. The standard InChI is InChI=1S/C15H11FN2O/c1-10-6-12(8-13(16)7-10)15(19)18-14-4-2-11(9-17)3-5-14/h2-8H,1H3,(H,18,19). The smallest absolute Gasteiger partial charge is 0.255 e. The lowest BCUT2D eigenvalue weighted by Gasteiger charge is -2.06. The van der Waals surface area contributed by atoms with Crippen LogP contribution in [-0.4, -0.2) is 5.91 Å². The molecule has 0 heterocycles. The van der Waals surface area contributed by atoms with E-state index in [1.165, 1.54) is 12.1 Å². The molecule has 1 N–H and O–H groups in total. The second-order valence-corrected chi connectivity index (χ2v) is 4.16. The molecule has 2 rings (SSSR count). The summed E-state index contributed by atoms with van der Waals surface area (Å²) in [5, 5.41) is 11.3. The minimum absolute atomic E-state index is 0.266. The van der Waals surface area contributed by atoms with E-state index in [9.17, 15) is 9.18 Å². The van der Waals surface area contributed by atoms with E-state index in [0.717, 1.165) is 0 Å². The normalized spacial score (nSPS) is 9.74. The molecular weight excluding hydrogens is 243 g/mol. The SMILES string of the molecule is Cc1cc(F)cc(C(=O)Nc2ccc(C#N)cc2)c1. The van der Waals surface area contributed by atoms with Crippen LogP contribution in [0.3, 0.4) is 0 Å². The summed E-state index contributed by atoms with van der Waals surface area (Å²) in [6.45, 7) is 1.72. The van der Waals surface area contributed by atoms with Gasteiger partial charge < -0.3 is 5.32 Å². The Bertz CT molecular complexity index is 637. The molecule has 0 saturated carbocycles. The predicted octanol–water partition coefficient (Wildman–Crippen LogP) is 3.26. The molecule has 0 unspecified atom stereocenters. The Hall–Kier alpha value is -2.67. The number of halogens is 1. The second kappa shape index (κ2) is 5.32. The zero-order chi connectivity index (χ0) is 13.8. The van der Waals surface area contributed by atoms with E-state index in [1.54, 1.807) is 37.3 Å². The first-order chi connectivity index (χ1) is 9.08. The van der Waals surface area contributed by atoms with E-state index in [-0.39, 0.29) is 11.5 Å².